The Morgan fingerprint density at radius 3 is 2.28 bits per heavy atom. The van der Waals surface area contributed by atoms with E-state index in [0.29, 0.717) is 22.7 Å². The Labute approximate surface area is 154 Å². The normalized spacial score (nSPS) is 10.2. The molecule has 0 aliphatic rings. The maximum atomic E-state index is 12.5. The highest BCUT2D eigenvalue weighted by atomic mass is 79.9. The highest BCUT2D eigenvalue weighted by molar-refractivity contribution is 9.10. The summed E-state index contributed by atoms with van der Waals surface area (Å²) >= 11 is 3.32. The largest absolute Gasteiger partial charge is 0.497 e. The van der Waals surface area contributed by atoms with Gasteiger partial charge in [0.25, 0.3) is 5.91 Å². The van der Waals surface area contributed by atoms with Crippen molar-refractivity contribution in [2.75, 3.05) is 33.3 Å². The minimum atomic E-state index is -0.353. The first kappa shape index (κ1) is 19.0. The fourth-order valence-corrected chi connectivity index (χ4v) is 2.52. The van der Waals surface area contributed by atoms with Crippen molar-refractivity contribution in [2.24, 2.45) is 0 Å². The molecule has 1 N–H and O–H groups in total. The van der Waals surface area contributed by atoms with Gasteiger partial charge in [0.05, 0.1) is 25.5 Å². The number of Topliss-reactive ketones (excluding diaryl/α,β-unsaturated/α-hetero) is 1. The molecule has 0 aromatic heterocycles. The average molecular weight is 408 g/mol. The predicted octanol–water partition coefficient (Wildman–Crippen LogP) is 3.55. The van der Waals surface area contributed by atoms with E-state index in [1.54, 1.807) is 36.4 Å². The zero-order chi connectivity index (χ0) is 18.4. The van der Waals surface area contributed by atoms with E-state index in [9.17, 15) is 9.59 Å². The third-order valence-corrected chi connectivity index (χ3v) is 3.97. The average Bonchev–Trinajstić information content (AvgIpc) is 2.61. The number of halogens is 1. The number of amides is 1. The van der Waals surface area contributed by atoms with Crippen LogP contribution in [0.2, 0.25) is 0 Å². The summed E-state index contributed by atoms with van der Waals surface area (Å²) in [5.74, 6) is 0.0896. The molecule has 25 heavy (non-hydrogen) atoms. The van der Waals surface area contributed by atoms with Crippen LogP contribution in [0.5, 0.6) is 11.5 Å². The second-order valence-electron chi connectivity index (χ2n) is 5.07. The Morgan fingerprint density at radius 1 is 1.04 bits per heavy atom. The quantitative estimate of drug-likeness (QED) is 0.710. The van der Waals surface area contributed by atoms with Crippen LogP contribution < -0.4 is 14.8 Å². The number of ether oxygens (including phenoxy) is 3. The Balaban J connectivity index is 2.44. The van der Waals surface area contributed by atoms with Crippen molar-refractivity contribution in [1.82, 2.24) is 0 Å². The number of anilines is 1. The number of carbonyl (C=O) groups is 2. The minimum absolute atomic E-state index is 0.135. The third-order valence-electron chi connectivity index (χ3n) is 3.44. The monoisotopic (exact) mass is 407 g/mol. The maximum absolute atomic E-state index is 12.5. The summed E-state index contributed by atoms with van der Waals surface area (Å²) in [6.45, 7) is -0.135. The molecule has 0 fully saturated rings. The molecule has 132 valence electrons. The van der Waals surface area contributed by atoms with Crippen LogP contribution >= 0.6 is 15.9 Å². The van der Waals surface area contributed by atoms with Crippen molar-refractivity contribution >= 4 is 33.3 Å². The Bertz CT molecular complexity index is 774. The van der Waals surface area contributed by atoms with Crippen LogP contribution in [0.3, 0.4) is 0 Å². The zero-order valence-electron chi connectivity index (χ0n) is 14.1. The lowest BCUT2D eigenvalue weighted by atomic mass is 10.1. The van der Waals surface area contributed by atoms with Gasteiger partial charge in [0.1, 0.15) is 18.1 Å². The van der Waals surface area contributed by atoms with Crippen molar-refractivity contribution in [2.45, 2.75) is 0 Å². The summed E-state index contributed by atoms with van der Waals surface area (Å²) in [4.78, 5) is 24.9. The molecule has 2 rings (SSSR count). The second-order valence-corrected chi connectivity index (χ2v) is 5.99. The van der Waals surface area contributed by atoms with Gasteiger partial charge in [-0.05, 0) is 24.3 Å². The molecule has 0 heterocycles. The fourth-order valence-electron chi connectivity index (χ4n) is 2.25. The number of nitrogens with one attached hydrogen (secondary N) is 1. The molecule has 0 saturated heterocycles. The van der Waals surface area contributed by atoms with E-state index < -0.39 is 0 Å². The first-order valence-corrected chi connectivity index (χ1v) is 8.14. The van der Waals surface area contributed by atoms with Crippen LogP contribution in [0.1, 0.15) is 20.7 Å². The Kier molecular flexibility index (Phi) is 6.55. The fraction of sp³-hybridized carbons (Fsp3) is 0.222. The van der Waals surface area contributed by atoms with Gasteiger partial charge in [-0.25, -0.2) is 0 Å². The van der Waals surface area contributed by atoms with Gasteiger partial charge in [-0.1, -0.05) is 15.9 Å². The predicted molar refractivity (Wildman–Crippen MR) is 97.8 cm³/mol. The summed E-state index contributed by atoms with van der Waals surface area (Å²) < 4.78 is 16.3. The Hall–Kier alpha value is -2.38. The highest BCUT2D eigenvalue weighted by Crippen LogP contribution is 2.33. The van der Waals surface area contributed by atoms with Gasteiger partial charge >= 0.3 is 0 Å². The summed E-state index contributed by atoms with van der Waals surface area (Å²) in [6, 6.07) is 10.0. The van der Waals surface area contributed by atoms with E-state index >= 15 is 0 Å². The molecule has 0 radical (unpaired) electrons. The molecule has 0 spiro atoms. The zero-order valence-corrected chi connectivity index (χ0v) is 15.7. The topological polar surface area (TPSA) is 73.9 Å². The molecule has 2 aromatic carbocycles. The van der Waals surface area contributed by atoms with E-state index in [4.69, 9.17) is 14.2 Å². The third kappa shape index (κ3) is 4.58. The number of hydrogen-bond acceptors (Lipinski definition) is 5. The van der Waals surface area contributed by atoms with Gasteiger partial charge in [-0.15, -0.1) is 0 Å². The van der Waals surface area contributed by atoms with Gasteiger partial charge in [0, 0.05) is 29.3 Å². The molecule has 2 aromatic rings. The number of benzene rings is 2. The summed E-state index contributed by atoms with van der Waals surface area (Å²) in [7, 11) is 4.36. The summed E-state index contributed by atoms with van der Waals surface area (Å²) in [5, 5.41) is 2.74. The molecule has 1 amide bonds. The van der Waals surface area contributed by atoms with E-state index in [2.05, 4.69) is 21.2 Å². The van der Waals surface area contributed by atoms with Crippen molar-refractivity contribution in [3.8, 4) is 11.5 Å². The smallest absolute Gasteiger partial charge is 0.255 e. The number of rotatable bonds is 7. The maximum Gasteiger partial charge on any atom is 0.255 e. The van der Waals surface area contributed by atoms with Crippen LogP contribution in [0.25, 0.3) is 0 Å². The molecular weight excluding hydrogens is 390 g/mol. The van der Waals surface area contributed by atoms with E-state index in [1.165, 1.54) is 21.3 Å². The number of hydrogen-bond donors (Lipinski definition) is 1. The van der Waals surface area contributed by atoms with Crippen LogP contribution in [0.4, 0.5) is 5.69 Å². The van der Waals surface area contributed by atoms with Crippen LogP contribution in [0.15, 0.2) is 40.9 Å². The number of carbonyl (C=O) groups excluding carboxylic acids is 2. The van der Waals surface area contributed by atoms with Crippen LogP contribution in [0, 0.1) is 0 Å². The van der Waals surface area contributed by atoms with Gasteiger partial charge in [0.2, 0.25) is 0 Å². The summed E-state index contributed by atoms with van der Waals surface area (Å²) in [5.41, 5.74) is 0.983. The molecule has 0 saturated carbocycles. The Morgan fingerprint density at radius 2 is 1.72 bits per heavy atom. The molecule has 0 aliphatic carbocycles. The van der Waals surface area contributed by atoms with E-state index in [-0.39, 0.29) is 23.9 Å². The minimum Gasteiger partial charge on any atom is -0.497 e. The van der Waals surface area contributed by atoms with Gasteiger partial charge in [-0.3, -0.25) is 9.59 Å². The van der Waals surface area contributed by atoms with Crippen molar-refractivity contribution in [3.05, 3.63) is 52.0 Å². The lowest BCUT2D eigenvalue weighted by Crippen LogP contribution is -2.17. The van der Waals surface area contributed by atoms with E-state index in [0.717, 1.165) is 4.47 Å². The second kappa shape index (κ2) is 8.64. The number of methoxy groups -OCH3 is 3. The molecule has 6 nitrogen and oxygen atoms in total. The molecule has 7 heteroatoms. The van der Waals surface area contributed by atoms with Crippen molar-refractivity contribution in [3.63, 3.8) is 0 Å². The highest BCUT2D eigenvalue weighted by Gasteiger charge is 2.21. The van der Waals surface area contributed by atoms with Crippen molar-refractivity contribution in [1.29, 1.82) is 0 Å². The van der Waals surface area contributed by atoms with Gasteiger partial charge < -0.3 is 19.5 Å². The SMILES string of the molecule is COCC(=O)c1c(NC(=O)c2ccc(Br)cc2)cc(OC)cc1OC. The molecule has 0 atom stereocenters. The summed E-state index contributed by atoms with van der Waals surface area (Å²) in [6.07, 6.45) is 0. The molecule has 0 unspecified atom stereocenters. The lowest BCUT2D eigenvalue weighted by molar-refractivity contribution is 0.0846. The van der Waals surface area contributed by atoms with Gasteiger partial charge in [0.15, 0.2) is 5.78 Å². The molecular formula is C18H18BrNO5. The standard InChI is InChI=1S/C18H18BrNO5/c1-23-10-15(21)17-14(8-13(24-2)9-16(17)25-3)20-18(22)11-4-6-12(19)7-5-11/h4-9H,10H2,1-3H3,(H,20,22). The van der Waals surface area contributed by atoms with Gasteiger partial charge in [-0.2, -0.15) is 0 Å². The molecule has 0 aliphatic heterocycles. The first-order valence-electron chi connectivity index (χ1n) is 7.35. The number of ketones is 1. The molecule has 0 bridgehead atoms. The lowest BCUT2D eigenvalue weighted by Gasteiger charge is -2.16. The first-order chi connectivity index (χ1) is 12.0. The van der Waals surface area contributed by atoms with E-state index in [1.807, 2.05) is 0 Å². The van der Waals surface area contributed by atoms with Crippen molar-refractivity contribution < 1.29 is 23.8 Å². The van der Waals surface area contributed by atoms with Crippen LogP contribution in [-0.2, 0) is 4.74 Å². The van der Waals surface area contributed by atoms with Crippen LogP contribution in [-0.4, -0.2) is 39.6 Å².